The Morgan fingerprint density at radius 2 is 2.36 bits per heavy atom. The van der Waals surface area contributed by atoms with Crippen LogP contribution < -0.4 is 5.32 Å². The van der Waals surface area contributed by atoms with Gasteiger partial charge in [0.1, 0.15) is 0 Å². The summed E-state index contributed by atoms with van der Waals surface area (Å²) < 4.78 is 5.19. The molecule has 0 saturated carbocycles. The smallest absolute Gasteiger partial charge is 0.0554 e. The van der Waals surface area contributed by atoms with Crippen LogP contribution in [0.2, 0.25) is 0 Å². The highest BCUT2D eigenvalue weighted by molar-refractivity contribution is 5.03. The van der Waals surface area contributed by atoms with Crippen molar-refractivity contribution in [1.82, 2.24) is 10.3 Å². The summed E-state index contributed by atoms with van der Waals surface area (Å²) >= 11 is 0. The van der Waals surface area contributed by atoms with Crippen molar-refractivity contribution in [3.05, 3.63) is 30.1 Å². The van der Waals surface area contributed by atoms with Crippen LogP contribution >= 0.6 is 0 Å². The van der Waals surface area contributed by atoms with Crippen molar-refractivity contribution in [3.8, 4) is 0 Å². The van der Waals surface area contributed by atoms with Crippen LogP contribution in [-0.4, -0.2) is 24.7 Å². The van der Waals surface area contributed by atoms with Gasteiger partial charge >= 0.3 is 0 Å². The fraction of sp³-hybridized carbons (Fsp3) is 0.545. The van der Waals surface area contributed by atoms with E-state index in [0.29, 0.717) is 5.41 Å². The molecule has 2 rings (SSSR count). The van der Waals surface area contributed by atoms with E-state index in [4.69, 9.17) is 4.74 Å². The minimum atomic E-state index is 0.342. The van der Waals surface area contributed by atoms with E-state index in [1.807, 2.05) is 24.4 Å². The summed E-state index contributed by atoms with van der Waals surface area (Å²) in [5.74, 6) is 0. The molecular weight excluding hydrogens is 176 g/mol. The molecule has 1 aromatic rings. The molecule has 1 aliphatic heterocycles. The fourth-order valence-corrected chi connectivity index (χ4v) is 1.55. The quantitative estimate of drug-likeness (QED) is 0.778. The van der Waals surface area contributed by atoms with Crippen LogP contribution in [0.5, 0.6) is 0 Å². The third-order valence-electron chi connectivity index (χ3n) is 2.49. The average Bonchev–Trinajstić information content (AvgIpc) is 2.17. The van der Waals surface area contributed by atoms with Crippen LogP contribution in [-0.2, 0) is 11.3 Å². The van der Waals surface area contributed by atoms with Crippen molar-refractivity contribution < 1.29 is 4.74 Å². The van der Waals surface area contributed by atoms with Gasteiger partial charge in [0.15, 0.2) is 0 Å². The van der Waals surface area contributed by atoms with Gasteiger partial charge in [-0.3, -0.25) is 4.98 Å². The molecule has 0 aliphatic carbocycles. The fourth-order valence-electron chi connectivity index (χ4n) is 1.55. The second kappa shape index (κ2) is 4.07. The Morgan fingerprint density at radius 3 is 2.93 bits per heavy atom. The Morgan fingerprint density at radius 1 is 1.50 bits per heavy atom. The van der Waals surface area contributed by atoms with Crippen LogP contribution in [0.15, 0.2) is 24.4 Å². The van der Waals surface area contributed by atoms with E-state index in [9.17, 15) is 0 Å². The lowest BCUT2D eigenvalue weighted by Gasteiger charge is -2.38. The standard InChI is InChI=1S/C11H16N2O/c1-11(8-14-9-11)7-12-6-10-4-2-3-5-13-10/h2-5,12H,6-9H2,1H3. The maximum atomic E-state index is 5.19. The molecule has 0 amide bonds. The molecule has 1 aliphatic rings. The number of ether oxygens (including phenoxy) is 1. The summed E-state index contributed by atoms with van der Waals surface area (Å²) in [6, 6.07) is 5.98. The van der Waals surface area contributed by atoms with Gasteiger partial charge in [-0.1, -0.05) is 13.0 Å². The molecule has 0 spiro atoms. The van der Waals surface area contributed by atoms with Crippen LogP contribution in [0.4, 0.5) is 0 Å². The molecule has 0 atom stereocenters. The van der Waals surface area contributed by atoms with E-state index < -0.39 is 0 Å². The van der Waals surface area contributed by atoms with Gasteiger partial charge in [0.2, 0.25) is 0 Å². The first kappa shape index (κ1) is 9.62. The van der Waals surface area contributed by atoms with E-state index >= 15 is 0 Å². The molecule has 0 radical (unpaired) electrons. The second-order valence-corrected chi connectivity index (χ2v) is 4.23. The molecule has 3 heteroatoms. The predicted octanol–water partition coefficient (Wildman–Crippen LogP) is 1.21. The SMILES string of the molecule is CC1(CNCc2ccccn2)COC1. The lowest BCUT2D eigenvalue weighted by molar-refractivity contribution is -0.0991. The van der Waals surface area contributed by atoms with Gasteiger partial charge in [-0.2, -0.15) is 0 Å². The number of nitrogens with one attached hydrogen (secondary N) is 1. The van der Waals surface area contributed by atoms with Crippen molar-refractivity contribution in [2.24, 2.45) is 5.41 Å². The van der Waals surface area contributed by atoms with Crippen molar-refractivity contribution in [3.63, 3.8) is 0 Å². The number of hydrogen-bond acceptors (Lipinski definition) is 3. The van der Waals surface area contributed by atoms with Crippen molar-refractivity contribution in [2.75, 3.05) is 19.8 Å². The molecule has 14 heavy (non-hydrogen) atoms. The maximum Gasteiger partial charge on any atom is 0.0554 e. The second-order valence-electron chi connectivity index (χ2n) is 4.23. The molecule has 1 aromatic heterocycles. The van der Waals surface area contributed by atoms with Crippen molar-refractivity contribution >= 4 is 0 Å². The maximum absolute atomic E-state index is 5.19. The van der Waals surface area contributed by atoms with Gasteiger partial charge in [-0.25, -0.2) is 0 Å². The normalized spacial score (nSPS) is 18.9. The summed E-state index contributed by atoms with van der Waals surface area (Å²) in [5.41, 5.74) is 1.44. The first-order valence-corrected chi connectivity index (χ1v) is 4.97. The molecule has 0 bridgehead atoms. The molecule has 1 saturated heterocycles. The topological polar surface area (TPSA) is 34.2 Å². The summed E-state index contributed by atoms with van der Waals surface area (Å²) in [7, 11) is 0. The first-order chi connectivity index (χ1) is 6.79. The highest BCUT2D eigenvalue weighted by Crippen LogP contribution is 2.25. The highest BCUT2D eigenvalue weighted by Gasteiger charge is 2.32. The van der Waals surface area contributed by atoms with E-state index in [-0.39, 0.29) is 0 Å². The number of pyridine rings is 1. The van der Waals surface area contributed by atoms with Crippen molar-refractivity contribution in [1.29, 1.82) is 0 Å². The Bertz CT molecular complexity index is 283. The largest absolute Gasteiger partial charge is 0.380 e. The number of rotatable bonds is 4. The Balaban J connectivity index is 1.73. The predicted molar refractivity (Wildman–Crippen MR) is 54.9 cm³/mol. The van der Waals surface area contributed by atoms with Gasteiger partial charge in [0.05, 0.1) is 18.9 Å². The van der Waals surface area contributed by atoms with Crippen LogP contribution in [0.25, 0.3) is 0 Å². The summed E-state index contributed by atoms with van der Waals surface area (Å²) in [6.45, 7) is 5.84. The van der Waals surface area contributed by atoms with Gasteiger partial charge < -0.3 is 10.1 Å². The minimum Gasteiger partial charge on any atom is -0.380 e. The Kier molecular flexibility index (Phi) is 2.79. The van der Waals surface area contributed by atoms with E-state index in [2.05, 4.69) is 17.2 Å². The van der Waals surface area contributed by atoms with Crippen LogP contribution in [0.3, 0.4) is 0 Å². The molecule has 76 valence electrons. The number of hydrogen-bond donors (Lipinski definition) is 1. The van der Waals surface area contributed by atoms with Crippen molar-refractivity contribution in [2.45, 2.75) is 13.5 Å². The Hall–Kier alpha value is -0.930. The molecule has 1 fully saturated rings. The van der Waals surface area contributed by atoms with Gasteiger partial charge in [0.25, 0.3) is 0 Å². The van der Waals surface area contributed by atoms with E-state index in [1.54, 1.807) is 0 Å². The number of nitrogens with zero attached hydrogens (tertiary/aromatic N) is 1. The zero-order chi connectivity index (χ0) is 9.86. The molecule has 0 unspecified atom stereocenters. The average molecular weight is 192 g/mol. The third kappa shape index (κ3) is 2.30. The van der Waals surface area contributed by atoms with E-state index in [0.717, 1.165) is 32.0 Å². The van der Waals surface area contributed by atoms with Crippen LogP contribution in [0.1, 0.15) is 12.6 Å². The Labute approximate surface area is 84.5 Å². The van der Waals surface area contributed by atoms with Gasteiger partial charge in [-0.05, 0) is 12.1 Å². The molecular formula is C11H16N2O. The minimum absolute atomic E-state index is 0.342. The summed E-state index contributed by atoms with van der Waals surface area (Å²) in [4.78, 5) is 4.25. The zero-order valence-electron chi connectivity index (χ0n) is 8.49. The summed E-state index contributed by atoms with van der Waals surface area (Å²) in [6.07, 6.45) is 1.82. The monoisotopic (exact) mass is 192 g/mol. The molecule has 2 heterocycles. The summed E-state index contributed by atoms with van der Waals surface area (Å²) in [5, 5.41) is 3.40. The lowest BCUT2D eigenvalue weighted by atomic mass is 9.89. The number of aromatic nitrogens is 1. The highest BCUT2D eigenvalue weighted by atomic mass is 16.5. The lowest BCUT2D eigenvalue weighted by Crippen LogP contribution is -2.47. The van der Waals surface area contributed by atoms with Gasteiger partial charge in [-0.15, -0.1) is 0 Å². The van der Waals surface area contributed by atoms with Gasteiger partial charge in [0, 0.05) is 24.7 Å². The zero-order valence-corrected chi connectivity index (χ0v) is 8.49. The first-order valence-electron chi connectivity index (χ1n) is 4.97. The molecule has 0 aromatic carbocycles. The van der Waals surface area contributed by atoms with E-state index in [1.165, 1.54) is 0 Å². The third-order valence-corrected chi connectivity index (χ3v) is 2.49. The molecule has 1 N–H and O–H groups in total. The molecule has 3 nitrogen and oxygen atoms in total. The van der Waals surface area contributed by atoms with Crippen LogP contribution in [0, 0.1) is 5.41 Å².